The van der Waals surface area contributed by atoms with Crippen molar-refractivity contribution < 1.29 is 29.3 Å². The van der Waals surface area contributed by atoms with Crippen LogP contribution in [0.5, 0.6) is 0 Å². The molecule has 0 spiro atoms. The fraction of sp³-hybridized carbons (Fsp3) is 0.375. The minimum absolute atomic E-state index is 0.169. The first-order chi connectivity index (χ1) is 6.49. The fourth-order valence-electron chi connectivity index (χ4n) is 0.671. The van der Waals surface area contributed by atoms with Crippen molar-refractivity contribution in [2.45, 2.75) is 13.3 Å². The summed E-state index contributed by atoms with van der Waals surface area (Å²) in [7, 11) is 0. The third-order valence-electron chi connectivity index (χ3n) is 1.24. The molecule has 78 valence electrons. The van der Waals surface area contributed by atoms with E-state index in [1.165, 1.54) is 0 Å². The molecule has 2 N–H and O–H groups in total. The van der Waals surface area contributed by atoms with E-state index in [0.29, 0.717) is 0 Å². The fourth-order valence-corrected chi connectivity index (χ4v) is 0.671. The molecule has 14 heavy (non-hydrogen) atoms. The number of hydrogen-bond acceptors (Lipinski definition) is 4. The van der Waals surface area contributed by atoms with Crippen LogP contribution in [-0.2, 0) is 19.1 Å². The Bertz CT molecular complexity index is 262. The van der Waals surface area contributed by atoms with Crippen LogP contribution in [-0.4, -0.2) is 34.7 Å². The molecule has 0 heterocycles. The molecular weight excluding hydrogens is 192 g/mol. The predicted molar refractivity (Wildman–Crippen MR) is 44.6 cm³/mol. The minimum atomic E-state index is -1.58. The van der Waals surface area contributed by atoms with Gasteiger partial charge in [-0.1, -0.05) is 6.08 Å². The number of carbonyl (C=O) groups is 3. The Morgan fingerprint density at radius 2 is 1.71 bits per heavy atom. The maximum Gasteiger partial charge on any atom is 0.342 e. The summed E-state index contributed by atoms with van der Waals surface area (Å²) in [5, 5.41) is 16.8. The van der Waals surface area contributed by atoms with Crippen LogP contribution >= 0.6 is 0 Å². The second kappa shape index (κ2) is 5.74. The molecule has 0 amide bonds. The predicted octanol–water partition coefficient (Wildman–Crippen LogP) is 0.0352. The number of ether oxygens (including phenoxy) is 1. The third kappa shape index (κ3) is 4.24. The van der Waals surface area contributed by atoms with Crippen LogP contribution in [0.15, 0.2) is 11.6 Å². The zero-order valence-electron chi connectivity index (χ0n) is 7.52. The largest absolute Gasteiger partial charge is 0.477 e. The van der Waals surface area contributed by atoms with Gasteiger partial charge in [0.25, 0.3) is 0 Å². The van der Waals surface area contributed by atoms with Crippen molar-refractivity contribution in [1.29, 1.82) is 0 Å². The number of rotatable bonds is 5. The molecule has 0 aromatic carbocycles. The number of aliphatic carboxylic acids is 2. The average molecular weight is 202 g/mol. The SMILES string of the molecule is CCOC(=O)CC=C(C(=O)O)C(=O)O. The summed E-state index contributed by atoms with van der Waals surface area (Å²) in [6.07, 6.45) is 0.449. The van der Waals surface area contributed by atoms with Crippen LogP contribution in [0.1, 0.15) is 13.3 Å². The molecule has 0 saturated heterocycles. The lowest BCUT2D eigenvalue weighted by Crippen LogP contribution is -2.12. The van der Waals surface area contributed by atoms with Crippen molar-refractivity contribution >= 4 is 17.9 Å². The van der Waals surface area contributed by atoms with Crippen LogP contribution < -0.4 is 0 Å². The second-order valence-electron chi connectivity index (χ2n) is 2.24. The Morgan fingerprint density at radius 1 is 1.21 bits per heavy atom. The molecule has 0 aliphatic carbocycles. The van der Waals surface area contributed by atoms with Crippen LogP contribution in [0, 0.1) is 0 Å². The van der Waals surface area contributed by atoms with Crippen LogP contribution in [0.3, 0.4) is 0 Å². The first-order valence-corrected chi connectivity index (χ1v) is 3.81. The first-order valence-electron chi connectivity index (χ1n) is 3.81. The summed E-state index contributed by atoms with van der Waals surface area (Å²) in [5.74, 6) is -3.82. The van der Waals surface area contributed by atoms with Gasteiger partial charge in [-0.15, -0.1) is 0 Å². The highest BCUT2D eigenvalue weighted by Crippen LogP contribution is 1.99. The van der Waals surface area contributed by atoms with E-state index in [1.807, 2.05) is 0 Å². The number of hydrogen-bond donors (Lipinski definition) is 2. The summed E-state index contributed by atoms with van der Waals surface area (Å²) in [5.41, 5.74) is -0.835. The summed E-state index contributed by atoms with van der Waals surface area (Å²) in [6, 6.07) is 0. The Labute approximate surface area is 79.8 Å². The molecule has 0 fully saturated rings. The normalized spacial score (nSPS) is 8.93. The molecule has 0 radical (unpaired) electrons. The zero-order chi connectivity index (χ0) is 11.1. The third-order valence-corrected chi connectivity index (χ3v) is 1.24. The molecule has 0 rings (SSSR count). The maximum atomic E-state index is 10.7. The molecule has 0 atom stereocenters. The lowest BCUT2D eigenvalue weighted by molar-refractivity contribution is -0.142. The molecule has 0 bridgehead atoms. The van der Waals surface area contributed by atoms with Crippen molar-refractivity contribution in [3.63, 3.8) is 0 Å². The first kappa shape index (κ1) is 12.2. The van der Waals surface area contributed by atoms with Gasteiger partial charge in [-0.05, 0) is 6.92 Å². The van der Waals surface area contributed by atoms with Gasteiger partial charge < -0.3 is 14.9 Å². The van der Waals surface area contributed by atoms with Gasteiger partial charge in [0, 0.05) is 0 Å². The average Bonchev–Trinajstić information content (AvgIpc) is 2.03. The monoisotopic (exact) mass is 202 g/mol. The van der Waals surface area contributed by atoms with Crippen molar-refractivity contribution in [2.75, 3.05) is 6.61 Å². The summed E-state index contributed by atoms with van der Waals surface area (Å²) in [4.78, 5) is 31.4. The van der Waals surface area contributed by atoms with Crippen molar-refractivity contribution in [3.8, 4) is 0 Å². The van der Waals surface area contributed by atoms with Crippen LogP contribution in [0.25, 0.3) is 0 Å². The molecule has 0 aliphatic heterocycles. The molecule has 0 unspecified atom stereocenters. The van der Waals surface area contributed by atoms with Gasteiger partial charge in [-0.2, -0.15) is 0 Å². The van der Waals surface area contributed by atoms with Gasteiger partial charge in [-0.3, -0.25) is 4.79 Å². The number of esters is 1. The summed E-state index contributed by atoms with van der Waals surface area (Å²) >= 11 is 0. The Kier molecular flexibility index (Phi) is 4.98. The second-order valence-corrected chi connectivity index (χ2v) is 2.24. The Hall–Kier alpha value is -1.85. The van der Waals surface area contributed by atoms with E-state index >= 15 is 0 Å². The topological polar surface area (TPSA) is 101 Å². The maximum absolute atomic E-state index is 10.7. The van der Waals surface area contributed by atoms with Gasteiger partial charge in [0.2, 0.25) is 0 Å². The van der Waals surface area contributed by atoms with Gasteiger partial charge >= 0.3 is 17.9 Å². The van der Waals surface area contributed by atoms with E-state index in [4.69, 9.17) is 10.2 Å². The van der Waals surface area contributed by atoms with Gasteiger partial charge in [-0.25, -0.2) is 9.59 Å². The number of carbonyl (C=O) groups excluding carboxylic acids is 1. The lowest BCUT2D eigenvalue weighted by atomic mass is 10.2. The molecule has 6 heteroatoms. The van der Waals surface area contributed by atoms with Crippen molar-refractivity contribution in [2.24, 2.45) is 0 Å². The quantitative estimate of drug-likeness (QED) is 0.282. The van der Waals surface area contributed by atoms with E-state index in [0.717, 1.165) is 6.08 Å². The molecular formula is C8H10O6. The zero-order valence-corrected chi connectivity index (χ0v) is 7.52. The smallest absolute Gasteiger partial charge is 0.342 e. The van der Waals surface area contributed by atoms with Gasteiger partial charge in [0.05, 0.1) is 13.0 Å². The minimum Gasteiger partial charge on any atom is -0.477 e. The number of carboxylic acid groups (broad SMARTS) is 2. The number of carboxylic acids is 2. The van der Waals surface area contributed by atoms with E-state index in [2.05, 4.69) is 4.74 Å². The molecule has 0 saturated carbocycles. The lowest BCUT2D eigenvalue weighted by Gasteiger charge is -1.98. The van der Waals surface area contributed by atoms with E-state index in [1.54, 1.807) is 6.92 Å². The van der Waals surface area contributed by atoms with Crippen LogP contribution in [0.4, 0.5) is 0 Å². The molecule has 6 nitrogen and oxygen atoms in total. The molecule has 0 aromatic heterocycles. The Balaban J connectivity index is 4.38. The summed E-state index contributed by atoms with van der Waals surface area (Å²) in [6.45, 7) is 1.76. The van der Waals surface area contributed by atoms with Gasteiger partial charge in [0.15, 0.2) is 0 Å². The van der Waals surface area contributed by atoms with E-state index in [-0.39, 0.29) is 13.0 Å². The van der Waals surface area contributed by atoms with E-state index in [9.17, 15) is 14.4 Å². The van der Waals surface area contributed by atoms with Gasteiger partial charge in [0.1, 0.15) is 5.57 Å². The molecule has 0 aromatic rings. The standard InChI is InChI=1S/C8H10O6/c1-2-14-6(9)4-3-5(7(10)11)8(12)13/h3H,2,4H2,1H3,(H,10,11)(H,12,13). The van der Waals surface area contributed by atoms with Crippen LogP contribution in [0.2, 0.25) is 0 Å². The van der Waals surface area contributed by atoms with Crippen molar-refractivity contribution in [1.82, 2.24) is 0 Å². The Morgan fingerprint density at radius 3 is 2.07 bits per heavy atom. The van der Waals surface area contributed by atoms with Crippen molar-refractivity contribution in [3.05, 3.63) is 11.6 Å². The highest BCUT2D eigenvalue weighted by atomic mass is 16.5. The highest BCUT2D eigenvalue weighted by Gasteiger charge is 2.16. The summed E-state index contributed by atoms with van der Waals surface area (Å²) < 4.78 is 4.48. The highest BCUT2D eigenvalue weighted by molar-refractivity contribution is 6.12. The van der Waals surface area contributed by atoms with E-state index < -0.39 is 23.5 Å². The molecule has 0 aliphatic rings.